The van der Waals surface area contributed by atoms with Crippen LogP contribution >= 0.6 is 23.4 Å². The van der Waals surface area contributed by atoms with E-state index in [1.54, 1.807) is 24.3 Å². The molecule has 2 heterocycles. The summed E-state index contributed by atoms with van der Waals surface area (Å²) in [7, 11) is 0. The van der Waals surface area contributed by atoms with Crippen LogP contribution in [0.25, 0.3) is 0 Å². The van der Waals surface area contributed by atoms with E-state index < -0.39 is 17.3 Å². The molecule has 1 aromatic rings. The van der Waals surface area contributed by atoms with Crippen molar-refractivity contribution in [2.75, 3.05) is 10.7 Å². The molecule has 1 aromatic carbocycles. The number of benzene rings is 1. The standard InChI is InChI=1S/C12H10ClNO3S/c13-6-2-1-3-7(4-6)14-11(16)9-8(15)5-18-10(9)12(14)17/h1-4,8-10,15H,5H2/t8-,9-,10+/m1/s1. The number of hydrogen-bond donors (Lipinski definition) is 1. The quantitative estimate of drug-likeness (QED) is 0.790. The minimum atomic E-state index is -0.736. The van der Waals surface area contributed by atoms with Gasteiger partial charge in [-0.25, -0.2) is 4.90 Å². The van der Waals surface area contributed by atoms with Gasteiger partial charge in [-0.3, -0.25) is 9.59 Å². The number of imide groups is 1. The number of carbonyl (C=O) groups excluding carboxylic acids is 2. The molecule has 0 aromatic heterocycles. The van der Waals surface area contributed by atoms with Gasteiger partial charge in [0.25, 0.3) is 0 Å². The van der Waals surface area contributed by atoms with Crippen molar-refractivity contribution in [2.45, 2.75) is 11.4 Å². The van der Waals surface area contributed by atoms with Crippen molar-refractivity contribution in [3.63, 3.8) is 0 Å². The average Bonchev–Trinajstić information content (AvgIpc) is 2.81. The van der Waals surface area contributed by atoms with Crippen LogP contribution in [-0.4, -0.2) is 34.0 Å². The van der Waals surface area contributed by atoms with Gasteiger partial charge in [0, 0.05) is 10.8 Å². The van der Waals surface area contributed by atoms with Crippen molar-refractivity contribution < 1.29 is 14.7 Å². The average molecular weight is 284 g/mol. The van der Waals surface area contributed by atoms with Crippen LogP contribution in [0.15, 0.2) is 24.3 Å². The number of fused-ring (bicyclic) bond motifs is 1. The molecule has 6 heteroatoms. The fourth-order valence-corrected chi connectivity index (χ4v) is 3.93. The van der Waals surface area contributed by atoms with E-state index in [-0.39, 0.29) is 11.8 Å². The minimum Gasteiger partial charge on any atom is -0.391 e. The van der Waals surface area contributed by atoms with Crippen molar-refractivity contribution in [1.82, 2.24) is 0 Å². The summed E-state index contributed by atoms with van der Waals surface area (Å²) >= 11 is 7.20. The fraction of sp³-hybridized carbons (Fsp3) is 0.333. The third kappa shape index (κ3) is 1.66. The second-order valence-corrected chi connectivity index (χ2v) is 5.95. The summed E-state index contributed by atoms with van der Waals surface area (Å²) < 4.78 is 0. The fourth-order valence-electron chi connectivity index (χ4n) is 2.38. The van der Waals surface area contributed by atoms with E-state index in [1.807, 2.05) is 0 Å². The second kappa shape index (κ2) is 4.26. The van der Waals surface area contributed by atoms with Gasteiger partial charge < -0.3 is 5.11 Å². The normalized spacial score (nSPS) is 31.0. The molecule has 1 N–H and O–H groups in total. The third-order valence-electron chi connectivity index (χ3n) is 3.22. The Morgan fingerprint density at radius 1 is 1.33 bits per heavy atom. The number of aliphatic hydroxyl groups excluding tert-OH is 1. The molecular formula is C12H10ClNO3S. The maximum absolute atomic E-state index is 12.2. The lowest BCUT2D eigenvalue weighted by Gasteiger charge is -2.16. The molecule has 2 saturated heterocycles. The maximum Gasteiger partial charge on any atom is 0.247 e. The number of hydrogen-bond acceptors (Lipinski definition) is 4. The van der Waals surface area contributed by atoms with Gasteiger partial charge in [0.1, 0.15) is 0 Å². The van der Waals surface area contributed by atoms with Crippen LogP contribution in [0.1, 0.15) is 0 Å². The number of carbonyl (C=O) groups is 2. The zero-order valence-electron chi connectivity index (χ0n) is 9.25. The molecule has 3 rings (SSSR count). The number of rotatable bonds is 1. The Bertz CT molecular complexity index is 536. The van der Waals surface area contributed by atoms with E-state index in [0.717, 1.165) is 4.90 Å². The molecule has 0 saturated carbocycles. The van der Waals surface area contributed by atoms with E-state index in [0.29, 0.717) is 16.5 Å². The van der Waals surface area contributed by atoms with Crippen molar-refractivity contribution in [2.24, 2.45) is 5.92 Å². The molecule has 3 atom stereocenters. The maximum atomic E-state index is 12.2. The lowest BCUT2D eigenvalue weighted by Crippen LogP contribution is -2.34. The summed E-state index contributed by atoms with van der Waals surface area (Å²) in [6.07, 6.45) is -0.736. The number of halogens is 1. The molecule has 0 unspecified atom stereocenters. The summed E-state index contributed by atoms with van der Waals surface area (Å²) in [6, 6.07) is 6.62. The van der Waals surface area contributed by atoms with Crippen molar-refractivity contribution >= 4 is 40.9 Å². The first-order chi connectivity index (χ1) is 8.59. The van der Waals surface area contributed by atoms with Crippen LogP contribution in [0.3, 0.4) is 0 Å². The molecule has 0 bridgehead atoms. The van der Waals surface area contributed by atoms with E-state index >= 15 is 0 Å². The van der Waals surface area contributed by atoms with Crippen LogP contribution in [0, 0.1) is 5.92 Å². The van der Waals surface area contributed by atoms with Crippen molar-refractivity contribution in [3.8, 4) is 0 Å². The largest absolute Gasteiger partial charge is 0.391 e. The molecular weight excluding hydrogens is 274 g/mol. The Kier molecular flexibility index (Phi) is 2.84. The number of amides is 2. The Morgan fingerprint density at radius 2 is 2.11 bits per heavy atom. The van der Waals surface area contributed by atoms with Crippen LogP contribution in [0.5, 0.6) is 0 Å². The van der Waals surface area contributed by atoms with Crippen molar-refractivity contribution in [1.29, 1.82) is 0 Å². The summed E-state index contributed by atoms with van der Waals surface area (Å²) in [5.74, 6) is -0.754. The Balaban J connectivity index is 2.00. The topological polar surface area (TPSA) is 57.6 Å². The van der Waals surface area contributed by atoms with E-state index in [9.17, 15) is 14.7 Å². The molecule has 2 fully saturated rings. The molecule has 0 spiro atoms. The van der Waals surface area contributed by atoms with Gasteiger partial charge in [-0.05, 0) is 18.2 Å². The molecule has 94 valence electrons. The minimum absolute atomic E-state index is 0.256. The Labute approximate surface area is 113 Å². The highest BCUT2D eigenvalue weighted by Crippen LogP contribution is 2.41. The predicted octanol–water partition coefficient (Wildman–Crippen LogP) is 1.31. The third-order valence-corrected chi connectivity index (χ3v) is 4.85. The van der Waals surface area contributed by atoms with Gasteiger partial charge in [-0.15, -0.1) is 11.8 Å². The van der Waals surface area contributed by atoms with Crippen LogP contribution in [0.2, 0.25) is 5.02 Å². The van der Waals surface area contributed by atoms with Crippen molar-refractivity contribution in [3.05, 3.63) is 29.3 Å². The highest BCUT2D eigenvalue weighted by molar-refractivity contribution is 8.01. The van der Waals surface area contributed by atoms with Gasteiger partial charge in [0.2, 0.25) is 11.8 Å². The highest BCUT2D eigenvalue weighted by atomic mass is 35.5. The molecule has 2 amide bonds. The predicted molar refractivity (Wildman–Crippen MR) is 69.7 cm³/mol. The number of anilines is 1. The van der Waals surface area contributed by atoms with Gasteiger partial charge in [-0.2, -0.15) is 0 Å². The molecule has 0 aliphatic carbocycles. The first-order valence-corrected chi connectivity index (χ1v) is 6.95. The van der Waals surface area contributed by atoms with E-state index in [2.05, 4.69) is 0 Å². The molecule has 18 heavy (non-hydrogen) atoms. The summed E-state index contributed by atoms with van der Waals surface area (Å²) in [5.41, 5.74) is 0.472. The second-order valence-electron chi connectivity index (χ2n) is 4.34. The van der Waals surface area contributed by atoms with Crippen LogP contribution < -0.4 is 4.90 Å². The molecule has 2 aliphatic rings. The Hall–Kier alpha value is -1.04. The lowest BCUT2D eigenvalue weighted by molar-refractivity contribution is -0.123. The molecule has 0 radical (unpaired) electrons. The number of nitrogens with zero attached hydrogens (tertiary/aromatic N) is 1. The molecule has 4 nitrogen and oxygen atoms in total. The Morgan fingerprint density at radius 3 is 2.78 bits per heavy atom. The summed E-state index contributed by atoms with van der Waals surface area (Å²) in [4.78, 5) is 25.5. The first-order valence-electron chi connectivity index (χ1n) is 5.52. The SMILES string of the molecule is O=C1[C@@H]2[C@H](O)CS[C@@H]2C(=O)N1c1cccc(Cl)c1. The highest BCUT2D eigenvalue weighted by Gasteiger charge is 2.55. The van der Waals surface area contributed by atoms with Gasteiger partial charge in [0.15, 0.2) is 0 Å². The van der Waals surface area contributed by atoms with Gasteiger partial charge >= 0.3 is 0 Å². The van der Waals surface area contributed by atoms with Gasteiger partial charge in [0.05, 0.1) is 23.0 Å². The lowest BCUT2D eigenvalue weighted by atomic mass is 10.0. The van der Waals surface area contributed by atoms with E-state index in [4.69, 9.17) is 11.6 Å². The summed E-state index contributed by atoms with van der Waals surface area (Å²) in [5, 5.41) is 9.78. The summed E-state index contributed by atoms with van der Waals surface area (Å²) in [6.45, 7) is 0. The van der Waals surface area contributed by atoms with Crippen LogP contribution in [-0.2, 0) is 9.59 Å². The molecule has 2 aliphatic heterocycles. The van der Waals surface area contributed by atoms with E-state index in [1.165, 1.54) is 11.8 Å². The number of aliphatic hydroxyl groups is 1. The van der Waals surface area contributed by atoms with Crippen LogP contribution in [0.4, 0.5) is 5.69 Å². The first kappa shape index (κ1) is 12.0. The van der Waals surface area contributed by atoms with Gasteiger partial charge in [-0.1, -0.05) is 17.7 Å². The zero-order valence-corrected chi connectivity index (χ0v) is 10.8. The smallest absolute Gasteiger partial charge is 0.247 e. The number of thioether (sulfide) groups is 1. The zero-order chi connectivity index (χ0) is 12.9. The monoisotopic (exact) mass is 283 g/mol.